The minimum Gasteiger partial charge on any atom is -0.475 e. The van der Waals surface area contributed by atoms with Crippen LogP contribution in [0.25, 0.3) is 0 Å². The van der Waals surface area contributed by atoms with E-state index in [9.17, 15) is 39.5 Å². The van der Waals surface area contributed by atoms with Crippen LogP contribution in [-0.4, -0.2) is 101 Å². The van der Waals surface area contributed by atoms with Gasteiger partial charge < -0.3 is 25.4 Å². The van der Waals surface area contributed by atoms with Crippen molar-refractivity contribution in [3.8, 4) is 0 Å². The summed E-state index contributed by atoms with van der Waals surface area (Å²) in [6.45, 7) is 9.71. The summed E-state index contributed by atoms with van der Waals surface area (Å²) in [4.78, 5) is 34.0. The molecule has 3 heterocycles. The van der Waals surface area contributed by atoms with E-state index in [4.69, 9.17) is 39.4 Å². The SMILES string of the molecule is Cc1cccc(CN2CC(COCC3CC3)C3(CCNCC3)C2)n1.O=C(O)C(F)(F)F.O=C(O)C(F)(F)F.O=C(O)C(F)(F)F. The van der Waals surface area contributed by atoms with Crippen molar-refractivity contribution in [3.05, 3.63) is 29.6 Å². The molecule has 19 heteroatoms. The van der Waals surface area contributed by atoms with Crippen LogP contribution in [0.4, 0.5) is 39.5 Å². The molecule has 1 aliphatic carbocycles. The molecule has 3 aliphatic rings. The number of aryl methyl sites for hydroxylation is 1. The summed E-state index contributed by atoms with van der Waals surface area (Å²) in [5, 5.41) is 24.9. The molecule has 0 aromatic carbocycles. The van der Waals surface area contributed by atoms with Gasteiger partial charge in [0.05, 0.1) is 12.3 Å². The first-order valence-electron chi connectivity index (χ1n) is 13.4. The molecule has 0 amide bonds. The van der Waals surface area contributed by atoms with Gasteiger partial charge in [0.2, 0.25) is 0 Å². The highest BCUT2D eigenvalue weighted by Crippen LogP contribution is 2.44. The number of likely N-dealkylation sites (tertiary alicyclic amines) is 1. The average Bonchev–Trinajstić information content (AvgIpc) is 3.67. The van der Waals surface area contributed by atoms with E-state index in [0.29, 0.717) is 11.3 Å². The summed E-state index contributed by atoms with van der Waals surface area (Å²) in [6, 6.07) is 6.37. The molecule has 4 N–H and O–H groups in total. The van der Waals surface area contributed by atoms with Crippen LogP contribution < -0.4 is 5.32 Å². The fourth-order valence-corrected chi connectivity index (χ4v) is 4.56. The van der Waals surface area contributed by atoms with Crippen LogP contribution in [0.2, 0.25) is 0 Å². The van der Waals surface area contributed by atoms with Crippen molar-refractivity contribution < 1.29 is 74.0 Å². The van der Waals surface area contributed by atoms with E-state index in [1.54, 1.807) is 0 Å². The molecule has 0 radical (unpaired) electrons. The van der Waals surface area contributed by atoms with Gasteiger partial charge in [-0.2, -0.15) is 39.5 Å². The van der Waals surface area contributed by atoms with Crippen molar-refractivity contribution in [2.45, 2.75) is 57.7 Å². The average molecular weight is 672 g/mol. The Kier molecular flexibility index (Phi) is 15.0. The molecule has 10 nitrogen and oxygen atoms in total. The van der Waals surface area contributed by atoms with E-state index in [1.165, 1.54) is 44.5 Å². The van der Waals surface area contributed by atoms with E-state index in [2.05, 4.69) is 35.3 Å². The Morgan fingerprint density at radius 2 is 1.36 bits per heavy atom. The number of ether oxygens (including phenoxy) is 1. The summed E-state index contributed by atoms with van der Waals surface area (Å²) in [5.74, 6) is -6.72. The lowest BCUT2D eigenvalue weighted by atomic mass is 9.71. The Balaban J connectivity index is 0.000000396. The van der Waals surface area contributed by atoms with Gasteiger partial charge in [0.25, 0.3) is 0 Å². The second-order valence-corrected chi connectivity index (χ2v) is 10.6. The fourth-order valence-electron chi connectivity index (χ4n) is 4.56. The number of aromatic nitrogens is 1. The second kappa shape index (κ2) is 16.9. The zero-order chi connectivity index (χ0) is 34.6. The van der Waals surface area contributed by atoms with Gasteiger partial charge >= 0.3 is 36.4 Å². The molecule has 3 fully saturated rings. The monoisotopic (exact) mass is 671 g/mol. The number of nitrogens with zero attached hydrogens (tertiary/aromatic N) is 2. The van der Waals surface area contributed by atoms with Gasteiger partial charge in [-0.15, -0.1) is 0 Å². The van der Waals surface area contributed by atoms with Crippen molar-refractivity contribution in [3.63, 3.8) is 0 Å². The minimum absolute atomic E-state index is 0.457. The predicted octanol–water partition coefficient (Wildman–Crippen LogP) is 4.52. The number of rotatable bonds is 6. The van der Waals surface area contributed by atoms with Crippen LogP contribution in [-0.2, 0) is 25.7 Å². The van der Waals surface area contributed by atoms with E-state index >= 15 is 0 Å². The number of piperidine rings is 1. The lowest BCUT2D eigenvalue weighted by Gasteiger charge is -2.38. The van der Waals surface area contributed by atoms with Crippen molar-refractivity contribution in [2.24, 2.45) is 17.3 Å². The molecule has 1 atom stereocenters. The van der Waals surface area contributed by atoms with E-state index < -0.39 is 36.4 Å². The van der Waals surface area contributed by atoms with E-state index in [-0.39, 0.29) is 0 Å². The number of aliphatic carboxylic acids is 3. The maximum Gasteiger partial charge on any atom is 0.490 e. The Morgan fingerprint density at radius 3 is 1.76 bits per heavy atom. The maximum absolute atomic E-state index is 10.6. The van der Waals surface area contributed by atoms with Crippen LogP contribution in [0, 0.1) is 24.2 Å². The first-order valence-corrected chi connectivity index (χ1v) is 13.4. The summed E-state index contributed by atoms with van der Waals surface area (Å²) >= 11 is 0. The topological polar surface area (TPSA) is 149 Å². The zero-order valence-corrected chi connectivity index (χ0v) is 23.9. The number of carbonyl (C=O) groups is 3. The number of nitrogens with one attached hydrogen (secondary N) is 1. The first kappa shape index (κ1) is 39.8. The molecule has 4 rings (SSSR count). The van der Waals surface area contributed by atoms with Crippen LogP contribution in [0.3, 0.4) is 0 Å². The molecule has 1 saturated carbocycles. The standard InChI is InChI=1S/C20H31N3O.3C2HF3O2/c1-16-3-2-4-19(22-16)12-23-11-18(14-24-13-17-5-6-17)20(15-23)7-9-21-10-8-20;3*3-2(4,5)1(6)7/h2-4,17-18,21H,5-15H2,1H3;3*(H,6,7). The number of hydrogen-bond acceptors (Lipinski definition) is 7. The third kappa shape index (κ3) is 15.6. The second-order valence-electron chi connectivity index (χ2n) is 10.6. The lowest BCUT2D eigenvalue weighted by molar-refractivity contribution is -0.193. The Bertz CT molecular complexity index is 1050. The molecular weight excluding hydrogens is 637 g/mol. The third-order valence-electron chi connectivity index (χ3n) is 6.91. The van der Waals surface area contributed by atoms with Gasteiger partial charge in [-0.25, -0.2) is 14.4 Å². The normalized spacial score (nSPS) is 19.6. The zero-order valence-electron chi connectivity index (χ0n) is 23.9. The number of alkyl halides is 9. The van der Waals surface area contributed by atoms with Crippen molar-refractivity contribution in [1.82, 2.24) is 15.2 Å². The fraction of sp³-hybridized carbons (Fsp3) is 0.692. The number of carboxylic acid groups (broad SMARTS) is 3. The molecule has 1 aromatic rings. The van der Waals surface area contributed by atoms with Crippen LogP contribution in [0.5, 0.6) is 0 Å². The Labute approximate surface area is 251 Å². The van der Waals surface area contributed by atoms with Crippen LogP contribution in [0.1, 0.15) is 37.1 Å². The molecule has 0 bridgehead atoms. The Hall–Kier alpha value is -3.19. The number of halogens is 9. The molecule has 1 unspecified atom stereocenters. The van der Waals surface area contributed by atoms with Crippen LogP contribution >= 0.6 is 0 Å². The molecular formula is C26H34F9N3O7. The van der Waals surface area contributed by atoms with Crippen molar-refractivity contribution in [2.75, 3.05) is 39.4 Å². The molecule has 45 heavy (non-hydrogen) atoms. The Morgan fingerprint density at radius 1 is 0.889 bits per heavy atom. The first-order chi connectivity index (χ1) is 20.6. The van der Waals surface area contributed by atoms with Gasteiger partial charge in [0, 0.05) is 37.9 Å². The number of pyridine rings is 1. The van der Waals surface area contributed by atoms with Crippen molar-refractivity contribution >= 4 is 17.9 Å². The molecule has 1 aromatic heterocycles. The van der Waals surface area contributed by atoms with Crippen LogP contribution in [0.15, 0.2) is 18.2 Å². The van der Waals surface area contributed by atoms with Gasteiger partial charge in [0.15, 0.2) is 0 Å². The summed E-state index contributed by atoms with van der Waals surface area (Å²) in [7, 11) is 0. The van der Waals surface area contributed by atoms with Crippen molar-refractivity contribution in [1.29, 1.82) is 0 Å². The van der Waals surface area contributed by atoms with Gasteiger partial charge in [-0.05, 0) is 69.2 Å². The smallest absolute Gasteiger partial charge is 0.475 e. The highest BCUT2D eigenvalue weighted by molar-refractivity contribution is 5.73. The quantitative estimate of drug-likeness (QED) is 0.318. The summed E-state index contributed by atoms with van der Waals surface area (Å²) < 4.78 is 101. The molecule has 2 saturated heterocycles. The number of carboxylic acids is 3. The lowest BCUT2D eigenvalue weighted by Crippen LogP contribution is -2.43. The molecule has 258 valence electrons. The minimum atomic E-state index is -5.08. The van der Waals surface area contributed by atoms with Gasteiger partial charge in [-0.1, -0.05) is 6.07 Å². The molecule has 2 aliphatic heterocycles. The highest BCUT2D eigenvalue weighted by Gasteiger charge is 2.47. The summed E-state index contributed by atoms with van der Waals surface area (Å²) in [6.07, 6.45) is -9.90. The van der Waals surface area contributed by atoms with E-state index in [1.807, 2.05) is 0 Å². The third-order valence-corrected chi connectivity index (χ3v) is 6.91. The highest BCUT2D eigenvalue weighted by atomic mass is 19.4. The van der Waals surface area contributed by atoms with E-state index in [0.717, 1.165) is 44.5 Å². The summed E-state index contributed by atoms with van der Waals surface area (Å²) in [5.41, 5.74) is 2.78. The largest absolute Gasteiger partial charge is 0.490 e. The maximum atomic E-state index is 10.6. The number of hydrogen-bond donors (Lipinski definition) is 4. The predicted molar refractivity (Wildman–Crippen MR) is 137 cm³/mol. The molecule has 1 spiro atoms. The van der Waals surface area contributed by atoms with Gasteiger partial charge in [-0.3, -0.25) is 9.88 Å². The van der Waals surface area contributed by atoms with Gasteiger partial charge in [0.1, 0.15) is 0 Å².